The van der Waals surface area contributed by atoms with Crippen molar-refractivity contribution in [2.45, 2.75) is 25.7 Å². The summed E-state index contributed by atoms with van der Waals surface area (Å²) in [4.78, 5) is 26.9. The summed E-state index contributed by atoms with van der Waals surface area (Å²) in [6.07, 6.45) is 4.56. The van der Waals surface area contributed by atoms with E-state index >= 15 is 0 Å². The first kappa shape index (κ1) is 22.8. The molecule has 0 saturated carbocycles. The molecule has 1 fully saturated rings. The van der Waals surface area contributed by atoms with Gasteiger partial charge >= 0.3 is 0 Å². The number of benzene rings is 2. The monoisotopic (exact) mass is 478 g/mol. The minimum Gasteiger partial charge on any atom is -0.325 e. The number of nitrogens with zero attached hydrogens (tertiary/aromatic N) is 1. The van der Waals surface area contributed by atoms with Crippen LogP contribution in [0.5, 0.6) is 0 Å². The smallest absolute Gasteiger partial charge is 0.266 e. The lowest BCUT2D eigenvalue weighted by Crippen LogP contribution is -2.29. The number of unbranched alkanes of at least 4 members (excludes halogenated alkanes) is 2. The molecule has 2 aromatic carbocycles. The van der Waals surface area contributed by atoms with Crippen molar-refractivity contribution in [1.82, 2.24) is 4.90 Å². The standard InChI is InChI=1S/C22H20Cl2N2O2S2/c23-16-11-9-15(10-12-16)14-19-21(28)26(22(29)30-19)13-5-1-2-8-20(27)25-18-7-4-3-6-17(18)24/h3-4,6-7,9-12,14H,1-2,5,8,13H2,(H,25,27). The highest BCUT2D eigenvalue weighted by atomic mass is 35.5. The van der Waals surface area contributed by atoms with Gasteiger partial charge in [-0.1, -0.05) is 77.9 Å². The molecule has 8 heteroatoms. The Bertz CT molecular complexity index is 977. The zero-order valence-corrected chi connectivity index (χ0v) is 19.2. The third-order valence-corrected chi connectivity index (χ3v) is 6.43. The summed E-state index contributed by atoms with van der Waals surface area (Å²) in [6.45, 7) is 0.550. The lowest BCUT2D eigenvalue weighted by atomic mass is 10.1. The van der Waals surface area contributed by atoms with Crippen molar-refractivity contribution in [3.63, 3.8) is 0 Å². The van der Waals surface area contributed by atoms with Gasteiger partial charge in [0.2, 0.25) is 5.91 Å². The van der Waals surface area contributed by atoms with E-state index in [0.29, 0.717) is 37.9 Å². The van der Waals surface area contributed by atoms with Gasteiger partial charge in [0, 0.05) is 18.0 Å². The molecule has 0 bridgehead atoms. The van der Waals surface area contributed by atoms with Gasteiger partial charge in [0.05, 0.1) is 15.6 Å². The fourth-order valence-corrected chi connectivity index (χ4v) is 4.53. The Hall–Kier alpha value is -1.86. The van der Waals surface area contributed by atoms with Crippen LogP contribution in [0.4, 0.5) is 5.69 Å². The first-order chi connectivity index (χ1) is 14.4. The van der Waals surface area contributed by atoms with E-state index in [1.54, 1.807) is 29.2 Å². The Morgan fingerprint density at radius 2 is 1.80 bits per heavy atom. The minimum atomic E-state index is -0.0728. The number of halogens is 2. The summed E-state index contributed by atoms with van der Waals surface area (Å²) in [7, 11) is 0. The zero-order chi connectivity index (χ0) is 21.5. The summed E-state index contributed by atoms with van der Waals surface area (Å²) in [5.41, 5.74) is 1.53. The van der Waals surface area contributed by atoms with Crippen LogP contribution in [-0.4, -0.2) is 27.6 Å². The number of amides is 2. The van der Waals surface area contributed by atoms with Crippen LogP contribution in [-0.2, 0) is 9.59 Å². The molecular formula is C22H20Cl2N2O2S2. The molecule has 156 valence electrons. The normalized spacial score (nSPS) is 15.1. The van der Waals surface area contributed by atoms with Crippen molar-refractivity contribution >= 4 is 75.1 Å². The van der Waals surface area contributed by atoms with E-state index in [4.69, 9.17) is 35.4 Å². The molecule has 3 rings (SSSR count). The molecule has 2 amide bonds. The van der Waals surface area contributed by atoms with Crippen molar-refractivity contribution < 1.29 is 9.59 Å². The van der Waals surface area contributed by atoms with Crippen LogP contribution in [0.15, 0.2) is 53.4 Å². The summed E-state index contributed by atoms with van der Waals surface area (Å²) in [5.74, 6) is -0.143. The van der Waals surface area contributed by atoms with Crippen LogP contribution >= 0.6 is 47.2 Å². The molecule has 0 aromatic heterocycles. The lowest BCUT2D eigenvalue weighted by molar-refractivity contribution is -0.122. The second-order valence-electron chi connectivity index (χ2n) is 6.72. The van der Waals surface area contributed by atoms with E-state index in [1.165, 1.54) is 11.8 Å². The number of anilines is 1. The van der Waals surface area contributed by atoms with Gasteiger partial charge in [0.15, 0.2) is 0 Å². The van der Waals surface area contributed by atoms with Crippen LogP contribution in [0.3, 0.4) is 0 Å². The number of rotatable bonds is 8. The van der Waals surface area contributed by atoms with E-state index < -0.39 is 0 Å². The first-order valence-electron chi connectivity index (χ1n) is 9.49. The van der Waals surface area contributed by atoms with Gasteiger partial charge in [-0.25, -0.2) is 0 Å². The van der Waals surface area contributed by atoms with E-state index in [0.717, 1.165) is 24.8 Å². The summed E-state index contributed by atoms with van der Waals surface area (Å²) in [5, 5.41) is 3.99. The van der Waals surface area contributed by atoms with Crippen LogP contribution in [0.1, 0.15) is 31.2 Å². The molecule has 1 heterocycles. The van der Waals surface area contributed by atoms with E-state index in [9.17, 15) is 9.59 Å². The van der Waals surface area contributed by atoms with Gasteiger partial charge in [-0.3, -0.25) is 14.5 Å². The summed E-state index contributed by atoms with van der Waals surface area (Å²) in [6, 6.07) is 14.5. The maximum absolute atomic E-state index is 12.6. The average molecular weight is 479 g/mol. The Morgan fingerprint density at radius 3 is 2.53 bits per heavy atom. The summed E-state index contributed by atoms with van der Waals surface area (Å²) < 4.78 is 0.566. The van der Waals surface area contributed by atoms with E-state index in [2.05, 4.69) is 5.32 Å². The maximum atomic E-state index is 12.6. The predicted molar refractivity (Wildman–Crippen MR) is 130 cm³/mol. The van der Waals surface area contributed by atoms with Gasteiger partial charge in [-0.2, -0.15) is 0 Å². The molecule has 1 N–H and O–H groups in total. The largest absolute Gasteiger partial charge is 0.325 e. The molecule has 1 aliphatic heterocycles. The highest BCUT2D eigenvalue weighted by Crippen LogP contribution is 2.33. The molecule has 1 aliphatic rings. The minimum absolute atomic E-state index is 0.0698. The predicted octanol–water partition coefficient (Wildman–Crippen LogP) is 6.39. The quantitative estimate of drug-likeness (QED) is 0.271. The van der Waals surface area contributed by atoms with Crippen LogP contribution in [0.2, 0.25) is 10.0 Å². The third kappa shape index (κ3) is 6.32. The van der Waals surface area contributed by atoms with Gasteiger partial charge in [-0.05, 0) is 48.7 Å². The molecule has 0 aliphatic carbocycles. The van der Waals surface area contributed by atoms with E-state index in [1.807, 2.05) is 30.3 Å². The van der Waals surface area contributed by atoms with Crippen LogP contribution in [0, 0.1) is 0 Å². The number of thioether (sulfide) groups is 1. The van der Waals surface area contributed by atoms with Crippen molar-refractivity contribution in [1.29, 1.82) is 0 Å². The van der Waals surface area contributed by atoms with Crippen LogP contribution < -0.4 is 5.32 Å². The van der Waals surface area contributed by atoms with Crippen LogP contribution in [0.25, 0.3) is 6.08 Å². The van der Waals surface area contributed by atoms with Gasteiger partial charge in [-0.15, -0.1) is 0 Å². The Balaban J connectivity index is 1.42. The number of nitrogens with one attached hydrogen (secondary N) is 1. The number of hydrogen-bond acceptors (Lipinski definition) is 4. The molecule has 0 spiro atoms. The first-order valence-corrected chi connectivity index (χ1v) is 11.5. The Kier molecular flexibility index (Phi) is 8.33. The number of carbonyl (C=O) groups is 2. The third-order valence-electron chi connectivity index (χ3n) is 4.47. The maximum Gasteiger partial charge on any atom is 0.266 e. The molecular weight excluding hydrogens is 459 g/mol. The zero-order valence-electron chi connectivity index (χ0n) is 16.1. The SMILES string of the molecule is O=C(CCCCCN1C(=O)C(=Cc2ccc(Cl)cc2)SC1=S)Nc1ccccc1Cl. The molecule has 1 saturated heterocycles. The Labute approximate surface area is 195 Å². The second-order valence-corrected chi connectivity index (χ2v) is 9.24. The van der Waals surface area contributed by atoms with Crippen molar-refractivity contribution in [3.8, 4) is 0 Å². The van der Waals surface area contributed by atoms with Crippen molar-refractivity contribution in [2.24, 2.45) is 0 Å². The second kappa shape index (κ2) is 11.0. The van der Waals surface area contributed by atoms with Gasteiger partial charge in [0.25, 0.3) is 5.91 Å². The summed E-state index contributed by atoms with van der Waals surface area (Å²) >= 11 is 18.6. The number of hydrogen-bond donors (Lipinski definition) is 1. The fraction of sp³-hybridized carbons (Fsp3) is 0.227. The van der Waals surface area contributed by atoms with E-state index in [-0.39, 0.29) is 11.8 Å². The fourth-order valence-electron chi connectivity index (χ4n) is 2.91. The number of para-hydroxylation sites is 1. The Morgan fingerprint density at radius 1 is 1.07 bits per heavy atom. The number of thiocarbonyl (C=S) groups is 1. The van der Waals surface area contributed by atoms with Crippen molar-refractivity contribution in [3.05, 3.63) is 69.0 Å². The molecule has 2 aromatic rings. The topological polar surface area (TPSA) is 49.4 Å². The lowest BCUT2D eigenvalue weighted by Gasteiger charge is -2.14. The molecule has 0 unspecified atom stereocenters. The molecule has 30 heavy (non-hydrogen) atoms. The molecule has 4 nitrogen and oxygen atoms in total. The van der Waals surface area contributed by atoms with Gasteiger partial charge < -0.3 is 5.32 Å². The highest BCUT2D eigenvalue weighted by molar-refractivity contribution is 8.26. The molecule has 0 radical (unpaired) electrons. The van der Waals surface area contributed by atoms with Crippen molar-refractivity contribution in [2.75, 3.05) is 11.9 Å². The average Bonchev–Trinajstić information content (AvgIpc) is 2.98. The molecule has 0 atom stereocenters. The van der Waals surface area contributed by atoms with Gasteiger partial charge in [0.1, 0.15) is 4.32 Å². The number of carbonyl (C=O) groups excluding carboxylic acids is 2. The highest BCUT2D eigenvalue weighted by Gasteiger charge is 2.31.